The molecule has 1 aromatic carbocycles. The number of nitrogens with one attached hydrogen (secondary N) is 1. The van der Waals surface area contributed by atoms with E-state index in [0.717, 1.165) is 23.1 Å². The van der Waals surface area contributed by atoms with Gasteiger partial charge >= 0.3 is 0 Å². The van der Waals surface area contributed by atoms with Crippen molar-refractivity contribution in [2.45, 2.75) is 38.8 Å². The molecule has 0 saturated carbocycles. The number of amides is 1. The average molecular weight is 374 g/mol. The number of hydrogen-bond acceptors (Lipinski definition) is 5. The highest BCUT2D eigenvalue weighted by Crippen LogP contribution is 2.21. The van der Waals surface area contributed by atoms with Gasteiger partial charge in [0.05, 0.1) is 13.2 Å². The SMILES string of the molecule is CCOc1ccc2[nH]c(=O)c(CN(CCCO)C(=O)C3CCCO3)cc2c1. The summed E-state index contributed by atoms with van der Waals surface area (Å²) in [5.74, 6) is 0.610. The Hall–Kier alpha value is -2.38. The summed E-state index contributed by atoms with van der Waals surface area (Å²) >= 11 is 0. The third-order valence-corrected chi connectivity index (χ3v) is 4.67. The summed E-state index contributed by atoms with van der Waals surface area (Å²) in [5.41, 5.74) is 1.00. The van der Waals surface area contributed by atoms with Crippen LogP contribution < -0.4 is 10.3 Å². The number of aliphatic hydroxyl groups is 1. The molecular formula is C20H26N2O5. The summed E-state index contributed by atoms with van der Waals surface area (Å²) < 4.78 is 11.0. The molecule has 7 nitrogen and oxygen atoms in total. The van der Waals surface area contributed by atoms with Crippen LogP contribution in [-0.4, -0.2) is 53.4 Å². The number of carbonyl (C=O) groups is 1. The fourth-order valence-electron chi connectivity index (χ4n) is 3.31. The van der Waals surface area contributed by atoms with E-state index in [9.17, 15) is 9.59 Å². The number of hydrogen-bond donors (Lipinski definition) is 2. The number of H-pyrrole nitrogens is 1. The minimum absolute atomic E-state index is 0.0128. The van der Waals surface area contributed by atoms with E-state index in [1.807, 2.05) is 25.1 Å². The molecule has 1 unspecified atom stereocenters. The van der Waals surface area contributed by atoms with Crippen molar-refractivity contribution in [1.82, 2.24) is 9.88 Å². The topological polar surface area (TPSA) is 91.9 Å². The van der Waals surface area contributed by atoms with Crippen molar-refractivity contribution in [3.05, 3.63) is 40.2 Å². The first kappa shape index (κ1) is 19.4. The average Bonchev–Trinajstić information content (AvgIpc) is 3.20. The number of rotatable bonds is 8. The molecular weight excluding hydrogens is 348 g/mol. The van der Waals surface area contributed by atoms with E-state index in [2.05, 4.69) is 4.98 Å². The molecule has 2 N–H and O–H groups in total. The zero-order chi connectivity index (χ0) is 19.2. The number of aromatic amines is 1. The van der Waals surface area contributed by atoms with Gasteiger partial charge in [0, 0.05) is 36.2 Å². The molecule has 1 aliphatic heterocycles. The van der Waals surface area contributed by atoms with Crippen molar-refractivity contribution < 1.29 is 19.4 Å². The highest BCUT2D eigenvalue weighted by atomic mass is 16.5. The van der Waals surface area contributed by atoms with Gasteiger partial charge in [0.25, 0.3) is 11.5 Å². The van der Waals surface area contributed by atoms with Gasteiger partial charge in [-0.3, -0.25) is 9.59 Å². The normalized spacial score (nSPS) is 16.6. The van der Waals surface area contributed by atoms with Crippen LogP contribution in [0.3, 0.4) is 0 Å². The first-order valence-corrected chi connectivity index (χ1v) is 9.42. The van der Waals surface area contributed by atoms with Crippen molar-refractivity contribution in [1.29, 1.82) is 0 Å². The van der Waals surface area contributed by atoms with Crippen LogP contribution in [-0.2, 0) is 16.1 Å². The highest BCUT2D eigenvalue weighted by Gasteiger charge is 2.28. The summed E-state index contributed by atoms with van der Waals surface area (Å²) in [6, 6.07) is 7.30. The second kappa shape index (κ2) is 9.01. The second-order valence-electron chi connectivity index (χ2n) is 6.64. The summed E-state index contributed by atoms with van der Waals surface area (Å²) in [7, 11) is 0. The third-order valence-electron chi connectivity index (χ3n) is 4.67. The quantitative estimate of drug-likeness (QED) is 0.735. The monoisotopic (exact) mass is 374 g/mol. The third kappa shape index (κ3) is 4.67. The second-order valence-corrected chi connectivity index (χ2v) is 6.64. The Morgan fingerprint density at radius 2 is 2.26 bits per heavy atom. The van der Waals surface area contributed by atoms with Crippen LogP contribution in [0.2, 0.25) is 0 Å². The Morgan fingerprint density at radius 1 is 1.41 bits per heavy atom. The smallest absolute Gasteiger partial charge is 0.253 e. The van der Waals surface area contributed by atoms with E-state index in [0.29, 0.717) is 38.2 Å². The number of benzene rings is 1. The zero-order valence-corrected chi connectivity index (χ0v) is 15.6. The summed E-state index contributed by atoms with van der Waals surface area (Å²) in [4.78, 5) is 29.7. The molecule has 1 saturated heterocycles. The van der Waals surface area contributed by atoms with Gasteiger partial charge in [-0.05, 0) is 50.5 Å². The Labute approximate surface area is 157 Å². The summed E-state index contributed by atoms with van der Waals surface area (Å²) in [5, 5.41) is 10.0. The number of carbonyl (C=O) groups excluding carboxylic acids is 1. The van der Waals surface area contributed by atoms with Crippen LogP contribution in [0.5, 0.6) is 5.75 Å². The summed E-state index contributed by atoms with van der Waals surface area (Å²) in [6.45, 7) is 3.61. The van der Waals surface area contributed by atoms with E-state index >= 15 is 0 Å². The van der Waals surface area contributed by atoms with Crippen molar-refractivity contribution in [3.8, 4) is 5.75 Å². The van der Waals surface area contributed by atoms with Gasteiger partial charge in [-0.2, -0.15) is 0 Å². The van der Waals surface area contributed by atoms with Crippen molar-refractivity contribution >= 4 is 16.8 Å². The van der Waals surface area contributed by atoms with E-state index in [1.165, 1.54) is 0 Å². The maximum absolute atomic E-state index is 12.8. The van der Waals surface area contributed by atoms with Crippen LogP contribution in [0, 0.1) is 0 Å². The fourth-order valence-corrected chi connectivity index (χ4v) is 3.31. The fraction of sp³-hybridized carbons (Fsp3) is 0.500. The Morgan fingerprint density at radius 3 is 2.96 bits per heavy atom. The first-order chi connectivity index (χ1) is 13.1. The minimum Gasteiger partial charge on any atom is -0.494 e. The van der Waals surface area contributed by atoms with Gasteiger partial charge < -0.3 is 24.5 Å². The minimum atomic E-state index is -0.451. The lowest BCUT2D eigenvalue weighted by Gasteiger charge is -2.25. The lowest BCUT2D eigenvalue weighted by atomic mass is 10.1. The molecule has 7 heteroatoms. The van der Waals surface area contributed by atoms with Gasteiger partial charge in [0.15, 0.2) is 0 Å². The van der Waals surface area contributed by atoms with Gasteiger partial charge in [-0.1, -0.05) is 0 Å². The van der Waals surface area contributed by atoms with E-state index in [-0.39, 0.29) is 24.6 Å². The Balaban J connectivity index is 1.87. The maximum atomic E-state index is 12.8. The van der Waals surface area contributed by atoms with Crippen LogP contribution in [0.25, 0.3) is 10.9 Å². The molecule has 2 aromatic rings. The molecule has 1 aromatic heterocycles. The molecule has 1 aliphatic rings. The molecule has 0 bridgehead atoms. The molecule has 0 spiro atoms. The lowest BCUT2D eigenvalue weighted by molar-refractivity contribution is -0.141. The Kier molecular flexibility index (Phi) is 6.47. The standard InChI is InChI=1S/C20H26N2O5/c1-2-26-16-6-7-17-14(12-16)11-15(19(24)21-17)13-22(8-4-9-23)20(25)18-5-3-10-27-18/h6-7,11-12,18,23H,2-5,8-10,13H2,1H3,(H,21,24). The Bertz CT molecular complexity index is 842. The number of pyridine rings is 1. The predicted octanol–water partition coefficient (Wildman–Crippen LogP) is 1.82. The molecule has 27 heavy (non-hydrogen) atoms. The first-order valence-electron chi connectivity index (χ1n) is 9.42. The van der Waals surface area contributed by atoms with Crippen LogP contribution in [0.15, 0.2) is 29.1 Å². The molecule has 1 fully saturated rings. The number of aliphatic hydroxyl groups excluding tert-OH is 1. The number of fused-ring (bicyclic) bond motifs is 1. The lowest BCUT2D eigenvalue weighted by Crippen LogP contribution is -2.40. The highest BCUT2D eigenvalue weighted by molar-refractivity contribution is 5.82. The van der Waals surface area contributed by atoms with E-state index in [4.69, 9.17) is 14.6 Å². The molecule has 3 rings (SSSR count). The predicted molar refractivity (Wildman–Crippen MR) is 102 cm³/mol. The van der Waals surface area contributed by atoms with Crippen molar-refractivity contribution in [3.63, 3.8) is 0 Å². The van der Waals surface area contributed by atoms with E-state index < -0.39 is 6.10 Å². The molecule has 1 amide bonds. The van der Waals surface area contributed by atoms with Crippen molar-refractivity contribution in [2.24, 2.45) is 0 Å². The van der Waals surface area contributed by atoms with Gasteiger partial charge in [-0.15, -0.1) is 0 Å². The molecule has 1 atom stereocenters. The van der Waals surface area contributed by atoms with Gasteiger partial charge in [0.2, 0.25) is 0 Å². The van der Waals surface area contributed by atoms with Crippen molar-refractivity contribution in [2.75, 3.05) is 26.4 Å². The van der Waals surface area contributed by atoms with Gasteiger partial charge in [0.1, 0.15) is 11.9 Å². The van der Waals surface area contributed by atoms with Crippen LogP contribution in [0.4, 0.5) is 0 Å². The molecule has 0 radical (unpaired) electrons. The van der Waals surface area contributed by atoms with E-state index in [1.54, 1.807) is 11.0 Å². The molecule has 2 heterocycles. The molecule has 146 valence electrons. The number of aromatic nitrogens is 1. The van der Waals surface area contributed by atoms with Crippen LogP contribution >= 0.6 is 0 Å². The number of nitrogens with zero attached hydrogens (tertiary/aromatic N) is 1. The number of ether oxygens (including phenoxy) is 2. The molecule has 0 aliphatic carbocycles. The largest absolute Gasteiger partial charge is 0.494 e. The summed E-state index contributed by atoms with van der Waals surface area (Å²) in [6.07, 6.45) is 1.56. The van der Waals surface area contributed by atoms with Crippen LogP contribution in [0.1, 0.15) is 31.7 Å². The van der Waals surface area contributed by atoms with Gasteiger partial charge in [-0.25, -0.2) is 0 Å². The zero-order valence-electron chi connectivity index (χ0n) is 15.6. The maximum Gasteiger partial charge on any atom is 0.253 e.